The summed E-state index contributed by atoms with van der Waals surface area (Å²) in [4.78, 5) is 10.1. The van der Waals surface area contributed by atoms with Crippen molar-refractivity contribution >= 4 is 0 Å². The third kappa shape index (κ3) is 11.0. The second kappa shape index (κ2) is 11.9. The van der Waals surface area contributed by atoms with Gasteiger partial charge in [-0.1, -0.05) is 64.7 Å². The van der Waals surface area contributed by atoms with Crippen LogP contribution in [0.1, 0.15) is 71.1 Å². The first-order chi connectivity index (χ1) is 8.93. The predicted octanol–water partition coefficient (Wildman–Crippen LogP) is 4.25. The van der Waals surface area contributed by atoms with Crippen LogP contribution < -0.4 is 0 Å². The molecular formula is C15H30O3. The van der Waals surface area contributed by atoms with Gasteiger partial charge in [0.1, 0.15) is 12.7 Å². The molecule has 0 saturated carbocycles. The Labute approximate surface area is 112 Å². The summed E-state index contributed by atoms with van der Waals surface area (Å²) in [6.45, 7) is 4.42. The minimum atomic E-state index is 0.303. The van der Waals surface area contributed by atoms with E-state index in [4.69, 9.17) is 14.5 Å². The molecule has 3 heteroatoms. The van der Waals surface area contributed by atoms with Crippen LogP contribution in [0.5, 0.6) is 0 Å². The van der Waals surface area contributed by atoms with Crippen LogP contribution in [0, 0.1) is 0 Å². The van der Waals surface area contributed by atoms with Crippen LogP contribution in [0.3, 0.4) is 0 Å². The van der Waals surface area contributed by atoms with Gasteiger partial charge in [0.15, 0.2) is 0 Å². The lowest BCUT2D eigenvalue weighted by Crippen LogP contribution is -2.03. The summed E-state index contributed by atoms with van der Waals surface area (Å²) in [6, 6.07) is 0. The highest BCUT2D eigenvalue weighted by Crippen LogP contribution is 2.11. The van der Waals surface area contributed by atoms with Crippen LogP contribution in [0.25, 0.3) is 0 Å². The number of unbranched alkanes of at least 4 members (excludes halogenated alkanes) is 9. The Morgan fingerprint density at radius 3 is 1.94 bits per heavy atom. The minimum Gasteiger partial charge on any atom is -0.370 e. The Bertz CT molecular complexity index is 169. The van der Waals surface area contributed by atoms with Crippen molar-refractivity contribution in [2.24, 2.45) is 0 Å². The van der Waals surface area contributed by atoms with Gasteiger partial charge in [0.25, 0.3) is 0 Å². The molecule has 0 spiro atoms. The summed E-state index contributed by atoms with van der Waals surface area (Å²) in [6.07, 6.45) is 13.8. The van der Waals surface area contributed by atoms with Crippen molar-refractivity contribution in [3.05, 3.63) is 0 Å². The van der Waals surface area contributed by atoms with Gasteiger partial charge in [-0.25, -0.2) is 9.78 Å². The SMILES string of the molecule is CCCCCCCCCCCCOOCC1CO1. The fraction of sp³-hybridized carbons (Fsp3) is 1.00. The van der Waals surface area contributed by atoms with E-state index in [0.29, 0.717) is 12.7 Å². The molecule has 1 fully saturated rings. The standard InChI is InChI=1S/C15H30O3/c1-2-3-4-5-6-7-8-9-10-11-12-17-18-14-15-13-16-15/h15H,2-14H2,1H3. The number of rotatable bonds is 14. The van der Waals surface area contributed by atoms with E-state index in [2.05, 4.69) is 6.92 Å². The lowest BCUT2D eigenvalue weighted by Gasteiger charge is -2.03. The average Bonchev–Trinajstić information content (AvgIpc) is 3.19. The maximum absolute atomic E-state index is 5.08. The quantitative estimate of drug-likeness (QED) is 0.202. The highest BCUT2D eigenvalue weighted by Gasteiger charge is 2.22. The summed E-state index contributed by atoms with van der Waals surface area (Å²) < 4.78 is 5.01. The van der Waals surface area contributed by atoms with Gasteiger partial charge in [-0.05, 0) is 6.42 Å². The maximum Gasteiger partial charge on any atom is 0.111 e. The zero-order valence-corrected chi connectivity index (χ0v) is 12.0. The Morgan fingerprint density at radius 2 is 1.39 bits per heavy atom. The van der Waals surface area contributed by atoms with Crippen molar-refractivity contribution in [3.63, 3.8) is 0 Å². The first-order valence-corrected chi connectivity index (χ1v) is 7.79. The van der Waals surface area contributed by atoms with Gasteiger partial charge in [0.2, 0.25) is 0 Å². The van der Waals surface area contributed by atoms with Gasteiger partial charge in [-0.3, -0.25) is 0 Å². The van der Waals surface area contributed by atoms with Gasteiger partial charge in [0.05, 0.1) is 13.2 Å². The van der Waals surface area contributed by atoms with Crippen molar-refractivity contribution in [2.75, 3.05) is 19.8 Å². The summed E-state index contributed by atoms with van der Waals surface area (Å²) in [5, 5.41) is 0. The van der Waals surface area contributed by atoms with Crippen molar-refractivity contribution < 1.29 is 14.5 Å². The molecule has 1 heterocycles. The molecule has 0 aromatic heterocycles. The fourth-order valence-corrected chi connectivity index (χ4v) is 2.00. The largest absolute Gasteiger partial charge is 0.370 e. The zero-order chi connectivity index (χ0) is 12.9. The molecule has 0 radical (unpaired) electrons. The Morgan fingerprint density at radius 1 is 0.833 bits per heavy atom. The van der Waals surface area contributed by atoms with E-state index in [1.807, 2.05) is 0 Å². The predicted molar refractivity (Wildman–Crippen MR) is 73.5 cm³/mol. The molecule has 0 aromatic rings. The second-order valence-corrected chi connectivity index (χ2v) is 5.24. The monoisotopic (exact) mass is 258 g/mol. The van der Waals surface area contributed by atoms with Gasteiger partial charge in [-0.15, -0.1) is 0 Å². The minimum absolute atomic E-state index is 0.303. The van der Waals surface area contributed by atoms with E-state index in [1.54, 1.807) is 0 Å². The first-order valence-electron chi connectivity index (χ1n) is 7.79. The van der Waals surface area contributed by atoms with E-state index in [0.717, 1.165) is 19.6 Å². The molecule has 3 nitrogen and oxygen atoms in total. The van der Waals surface area contributed by atoms with E-state index in [1.165, 1.54) is 57.8 Å². The van der Waals surface area contributed by atoms with Crippen LogP contribution in [0.2, 0.25) is 0 Å². The molecule has 0 aromatic carbocycles. The maximum atomic E-state index is 5.08. The van der Waals surface area contributed by atoms with E-state index < -0.39 is 0 Å². The van der Waals surface area contributed by atoms with Crippen LogP contribution in [0.15, 0.2) is 0 Å². The van der Waals surface area contributed by atoms with E-state index in [-0.39, 0.29) is 0 Å². The third-order valence-electron chi connectivity index (χ3n) is 3.32. The van der Waals surface area contributed by atoms with E-state index >= 15 is 0 Å². The summed E-state index contributed by atoms with van der Waals surface area (Å²) in [5.74, 6) is 0. The van der Waals surface area contributed by atoms with Gasteiger partial charge in [0, 0.05) is 0 Å². The van der Waals surface area contributed by atoms with Gasteiger partial charge in [-0.2, -0.15) is 0 Å². The molecule has 0 aliphatic carbocycles. The van der Waals surface area contributed by atoms with Crippen molar-refractivity contribution in [3.8, 4) is 0 Å². The highest BCUT2D eigenvalue weighted by molar-refractivity contribution is 4.66. The molecule has 1 unspecified atom stereocenters. The summed E-state index contributed by atoms with van der Waals surface area (Å²) in [5.41, 5.74) is 0. The van der Waals surface area contributed by atoms with Gasteiger partial charge >= 0.3 is 0 Å². The molecular weight excluding hydrogens is 228 g/mol. The summed E-state index contributed by atoms with van der Waals surface area (Å²) >= 11 is 0. The third-order valence-corrected chi connectivity index (χ3v) is 3.32. The molecule has 1 saturated heterocycles. The van der Waals surface area contributed by atoms with Crippen molar-refractivity contribution in [1.29, 1.82) is 0 Å². The smallest absolute Gasteiger partial charge is 0.111 e. The molecule has 1 aliphatic heterocycles. The van der Waals surface area contributed by atoms with Crippen molar-refractivity contribution in [2.45, 2.75) is 77.2 Å². The Balaban J connectivity index is 1.60. The summed E-state index contributed by atoms with van der Waals surface area (Å²) in [7, 11) is 0. The molecule has 0 bridgehead atoms. The van der Waals surface area contributed by atoms with Crippen LogP contribution in [-0.4, -0.2) is 25.9 Å². The molecule has 1 atom stereocenters. The topological polar surface area (TPSA) is 31.0 Å². The van der Waals surface area contributed by atoms with Crippen LogP contribution >= 0.6 is 0 Å². The zero-order valence-electron chi connectivity index (χ0n) is 12.0. The lowest BCUT2D eigenvalue weighted by atomic mass is 10.1. The van der Waals surface area contributed by atoms with E-state index in [9.17, 15) is 0 Å². The second-order valence-electron chi connectivity index (χ2n) is 5.24. The van der Waals surface area contributed by atoms with Crippen LogP contribution in [0.4, 0.5) is 0 Å². The number of epoxide rings is 1. The van der Waals surface area contributed by atoms with Crippen molar-refractivity contribution in [1.82, 2.24) is 0 Å². The molecule has 0 N–H and O–H groups in total. The first kappa shape index (κ1) is 15.9. The molecule has 1 rings (SSSR count). The Kier molecular flexibility index (Phi) is 10.6. The number of ether oxygens (including phenoxy) is 1. The normalized spacial score (nSPS) is 18.2. The van der Waals surface area contributed by atoms with Crippen LogP contribution in [-0.2, 0) is 14.5 Å². The lowest BCUT2D eigenvalue weighted by molar-refractivity contribution is -0.296. The molecule has 0 amide bonds. The highest BCUT2D eigenvalue weighted by atomic mass is 17.2. The molecule has 108 valence electrons. The number of hydrogen-bond donors (Lipinski definition) is 0. The molecule has 1 aliphatic rings. The molecule has 18 heavy (non-hydrogen) atoms. The average molecular weight is 258 g/mol. The Hall–Kier alpha value is -0.120. The number of hydrogen-bond acceptors (Lipinski definition) is 3. The van der Waals surface area contributed by atoms with Gasteiger partial charge < -0.3 is 4.74 Å². The fourth-order valence-electron chi connectivity index (χ4n) is 2.00.